The molecule has 29 heavy (non-hydrogen) atoms. The standard InChI is InChI=1S/C20H23N5O3S/c1-27-15-10-13-14(11-16(15)28-2)22-18(23-19(13)21)12-24-5-7-25(8-6-24)20(26)17-4-3-9-29-17/h3-4,9-11H,5-8,12H2,1-2H3,(H2,21,22,23). The van der Waals surface area contributed by atoms with Gasteiger partial charge in [-0.05, 0) is 17.5 Å². The molecule has 1 aliphatic rings. The summed E-state index contributed by atoms with van der Waals surface area (Å²) >= 11 is 1.48. The monoisotopic (exact) mass is 413 g/mol. The molecule has 1 aliphatic heterocycles. The summed E-state index contributed by atoms with van der Waals surface area (Å²) in [6, 6.07) is 7.38. The summed E-state index contributed by atoms with van der Waals surface area (Å²) in [5, 5.41) is 2.66. The molecule has 0 radical (unpaired) electrons. The van der Waals surface area contributed by atoms with Crippen molar-refractivity contribution in [3.63, 3.8) is 0 Å². The number of methoxy groups -OCH3 is 2. The van der Waals surface area contributed by atoms with Gasteiger partial charge in [-0.25, -0.2) is 9.97 Å². The van der Waals surface area contributed by atoms with Gasteiger partial charge in [0.25, 0.3) is 5.91 Å². The Kier molecular flexibility index (Phi) is 5.50. The van der Waals surface area contributed by atoms with E-state index in [9.17, 15) is 4.79 Å². The Bertz CT molecular complexity index is 1020. The normalized spacial score (nSPS) is 14.9. The Balaban J connectivity index is 1.46. The Morgan fingerprint density at radius 1 is 1.14 bits per heavy atom. The van der Waals surface area contributed by atoms with E-state index in [0.29, 0.717) is 42.8 Å². The number of aromatic nitrogens is 2. The Hall–Kier alpha value is -2.91. The number of carbonyl (C=O) groups excluding carboxylic acids is 1. The van der Waals surface area contributed by atoms with Crippen molar-refractivity contribution >= 4 is 34.0 Å². The van der Waals surface area contributed by atoms with Crippen LogP contribution >= 0.6 is 11.3 Å². The number of amides is 1. The van der Waals surface area contributed by atoms with Crippen molar-refractivity contribution in [2.45, 2.75) is 6.54 Å². The van der Waals surface area contributed by atoms with Crippen LogP contribution < -0.4 is 15.2 Å². The molecule has 1 saturated heterocycles. The summed E-state index contributed by atoms with van der Waals surface area (Å²) in [5.74, 6) is 2.36. The van der Waals surface area contributed by atoms with Gasteiger partial charge in [-0.1, -0.05) is 6.07 Å². The highest BCUT2D eigenvalue weighted by atomic mass is 32.1. The van der Waals surface area contributed by atoms with Crippen LogP contribution in [0.3, 0.4) is 0 Å². The third-order valence-electron chi connectivity index (χ3n) is 5.03. The maximum atomic E-state index is 12.5. The first-order valence-corrected chi connectivity index (χ1v) is 10.2. The molecule has 0 unspecified atom stereocenters. The molecule has 3 aromatic rings. The van der Waals surface area contributed by atoms with Gasteiger partial charge in [0.15, 0.2) is 11.5 Å². The van der Waals surface area contributed by atoms with Crippen LogP contribution in [0.2, 0.25) is 0 Å². The lowest BCUT2D eigenvalue weighted by molar-refractivity contribution is 0.0630. The molecule has 152 valence electrons. The van der Waals surface area contributed by atoms with E-state index in [1.807, 2.05) is 28.5 Å². The third kappa shape index (κ3) is 3.96. The molecular weight excluding hydrogens is 390 g/mol. The molecule has 8 nitrogen and oxygen atoms in total. The summed E-state index contributed by atoms with van der Waals surface area (Å²) in [7, 11) is 3.17. The van der Waals surface area contributed by atoms with Gasteiger partial charge in [-0.2, -0.15) is 0 Å². The summed E-state index contributed by atoms with van der Waals surface area (Å²) in [6.45, 7) is 3.49. The van der Waals surface area contributed by atoms with E-state index in [2.05, 4.69) is 14.9 Å². The summed E-state index contributed by atoms with van der Waals surface area (Å²) < 4.78 is 10.7. The first-order chi connectivity index (χ1) is 14.1. The summed E-state index contributed by atoms with van der Waals surface area (Å²) in [4.78, 5) is 26.5. The maximum absolute atomic E-state index is 12.5. The van der Waals surface area contributed by atoms with E-state index in [4.69, 9.17) is 15.2 Å². The van der Waals surface area contributed by atoms with Gasteiger partial charge < -0.3 is 20.1 Å². The molecular formula is C20H23N5O3S. The quantitative estimate of drug-likeness (QED) is 0.686. The molecule has 3 heterocycles. The van der Waals surface area contributed by atoms with E-state index in [1.165, 1.54) is 11.3 Å². The number of piperazine rings is 1. The van der Waals surface area contributed by atoms with Crippen LogP contribution in [0.25, 0.3) is 10.9 Å². The molecule has 9 heteroatoms. The highest BCUT2D eigenvalue weighted by Gasteiger charge is 2.23. The molecule has 1 amide bonds. The van der Waals surface area contributed by atoms with Gasteiger partial charge in [-0.3, -0.25) is 9.69 Å². The molecule has 1 aromatic carbocycles. The van der Waals surface area contributed by atoms with Gasteiger partial charge in [-0.15, -0.1) is 11.3 Å². The average Bonchev–Trinajstić information content (AvgIpc) is 3.28. The zero-order valence-electron chi connectivity index (χ0n) is 16.4. The summed E-state index contributed by atoms with van der Waals surface area (Å²) in [6.07, 6.45) is 0. The average molecular weight is 414 g/mol. The van der Waals surface area contributed by atoms with Crippen LogP contribution in [-0.4, -0.2) is 66.1 Å². The predicted octanol–water partition coefficient (Wildman–Crippen LogP) is 2.25. The molecule has 0 saturated carbocycles. The number of hydrogen-bond donors (Lipinski definition) is 1. The lowest BCUT2D eigenvalue weighted by atomic mass is 10.2. The van der Waals surface area contributed by atoms with E-state index < -0.39 is 0 Å². The minimum Gasteiger partial charge on any atom is -0.493 e. The van der Waals surface area contributed by atoms with Crippen molar-refractivity contribution in [2.75, 3.05) is 46.1 Å². The van der Waals surface area contributed by atoms with Gasteiger partial charge in [0.05, 0.1) is 31.2 Å². The summed E-state index contributed by atoms with van der Waals surface area (Å²) in [5.41, 5.74) is 6.89. The van der Waals surface area contributed by atoms with Crippen LogP contribution in [0, 0.1) is 0 Å². The van der Waals surface area contributed by atoms with Gasteiger partial charge in [0.1, 0.15) is 11.6 Å². The van der Waals surface area contributed by atoms with E-state index in [1.54, 1.807) is 20.3 Å². The highest BCUT2D eigenvalue weighted by Crippen LogP contribution is 2.33. The minimum atomic E-state index is 0.104. The fraction of sp³-hybridized carbons (Fsp3) is 0.350. The van der Waals surface area contributed by atoms with Crippen LogP contribution in [0.4, 0.5) is 5.82 Å². The van der Waals surface area contributed by atoms with E-state index in [0.717, 1.165) is 28.9 Å². The van der Waals surface area contributed by atoms with Crippen molar-refractivity contribution in [1.29, 1.82) is 0 Å². The number of nitrogen functional groups attached to an aromatic ring is 1. The van der Waals surface area contributed by atoms with Crippen LogP contribution in [0.1, 0.15) is 15.5 Å². The Labute approximate surface area is 172 Å². The first kappa shape index (κ1) is 19.4. The maximum Gasteiger partial charge on any atom is 0.264 e. The highest BCUT2D eigenvalue weighted by molar-refractivity contribution is 7.12. The van der Waals surface area contributed by atoms with Crippen molar-refractivity contribution in [3.8, 4) is 11.5 Å². The second-order valence-electron chi connectivity index (χ2n) is 6.80. The number of carbonyl (C=O) groups is 1. The number of benzene rings is 1. The van der Waals surface area contributed by atoms with Gasteiger partial charge in [0, 0.05) is 37.6 Å². The number of hydrogen-bond acceptors (Lipinski definition) is 8. The Morgan fingerprint density at radius 2 is 1.86 bits per heavy atom. The number of anilines is 1. The fourth-order valence-corrected chi connectivity index (χ4v) is 4.16. The second kappa shape index (κ2) is 8.22. The number of rotatable bonds is 5. The zero-order chi connectivity index (χ0) is 20.4. The van der Waals surface area contributed by atoms with Crippen LogP contribution in [0.15, 0.2) is 29.6 Å². The van der Waals surface area contributed by atoms with Crippen LogP contribution in [0.5, 0.6) is 11.5 Å². The lowest BCUT2D eigenvalue weighted by Gasteiger charge is -2.34. The fourth-order valence-electron chi connectivity index (χ4n) is 3.47. The number of nitrogens with two attached hydrogens (primary N) is 1. The van der Waals surface area contributed by atoms with E-state index in [-0.39, 0.29) is 5.91 Å². The third-order valence-corrected chi connectivity index (χ3v) is 5.89. The molecule has 0 atom stereocenters. The minimum absolute atomic E-state index is 0.104. The smallest absolute Gasteiger partial charge is 0.264 e. The molecule has 0 aliphatic carbocycles. The first-order valence-electron chi connectivity index (χ1n) is 9.32. The topological polar surface area (TPSA) is 93.8 Å². The van der Waals surface area contributed by atoms with Crippen LogP contribution in [-0.2, 0) is 6.54 Å². The molecule has 0 spiro atoms. The molecule has 1 fully saturated rings. The van der Waals surface area contributed by atoms with Gasteiger partial charge >= 0.3 is 0 Å². The van der Waals surface area contributed by atoms with Crippen molar-refractivity contribution in [3.05, 3.63) is 40.3 Å². The number of fused-ring (bicyclic) bond motifs is 1. The Morgan fingerprint density at radius 3 is 2.52 bits per heavy atom. The van der Waals surface area contributed by atoms with E-state index >= 15 is 0 Å². The van der Waals surface area contributed by atoms with Crippen molar-refractivity contribution in [1.82, 2.24) is 19.8 Å². The van der Waals surface area contributed by atoms with Crippen molar-refractivity contribution in [2.24, 2.45) is 0 Å². The molecule has 0 bridgehead atoms. The molecule has 2 aromatic heterocycles. The molecule has 2 N–H and O–H groups in total. The number of ether oxygens (including phenoxy) is 2. The predicted molar refractivity (Wildman–Crippen MR) is 113 cm³/mol. The number of thiophene rings is 1. The lowest BCUT2D eigenvalue weighted by Crippen LogP contribution is -2.48. The molecule has 4 rings (SSSR count). The zero-order valence-corrected chi connectivity index (χ0v) is 17.2. The van der Waals surface area contributed by atoms with Crippen molar-refractivity contribution < 1.29 is 14.3 Å². The second-order valence-corrected chi connectivity index (χ2v) is 7.74. The SMILES string of the molecule is COc1cc2nc(CN3CCN(C(=O)c4cccs4)CC3)nc(N)c2cc1OC. The largest absolute Gasteiger partial charge is 0.493 e. The number of nitrogens with zero attached hydrogens (tertiary/aromatic N) is 4. The van der Waals surface area contributed by atoms with Gasteiger partial charge in [0.2, 0.25) is 0 Å².